The minimum Gasteiger partial charge on any atom is -0.318 e. The summed E-state index contributed by atoms with van der Waals surface area (Å²) in [5.74, 6) is -0.881. The van der Waals surface area contributed by atoms with Crippen molar-refractivity contribution in [1.29, 1.82) is 0 Å². The SMILES string of the molecule is Cc1csc2nc(C(=O)Nc3ccccc3F)cn12. The summed E-state index contributed by atoms with van der Waals surface area (Å²) < 4.78 is 15.3. The summed E-state index contributed by atoms with van der Waals surface area (Å²) in [7, 11) is 0. The van der Waals surface area contributed by atoms with Gasteiger partial charge < -0.3 is 5.32 Å². The Balaban J connectivity index is 1.90. The number of para-hydroxylation sites is 1. The summed E-state index contributed by atoms with van der Waals surface area (Å²) in [4.78, 5) is 16.9. The summed E-state index contributed by atoms with van der Waals surface area (Å²) in [5.41, 5.74) is 1.44. The van der Waals surface area contributed by atoms with Gasteiger partial charge in [-0.2, -0.15) is 0 Å². The second kappa shape index (κ2) is 4.47. The van der Waals surface area contributed by atoms with Gasteiger partial charge in [-0.15, -0.1) is 11.3 Å². The number of imidazole rings is 1. The van der Waals surface area contributed by atoms with E-state index in [-0.39, 0.29) is 11.4 Å². The highest BCUT2D eigenvalue weighted by Gasteiger charge is 2.14. The number of hydrogen-bond donors (Lipinski definition) is 1. The van der Waals surface area contributed by atoms with Crippen molar-refractivity contribution in [3.63, 3.8) is 0 Å². The van der Waals surface area contributed by atoms with Gasteiger partial charge in [-0.05, 0) is 19.1 Å². The van der Waals surface area contributed by atoms with E-state index < -0.39 is 11.7 Å². The molecule has 19 heavy (non-hydrogen) atoms. The molecule has 1 aromatic carbocycles. The first-order valence-corrected chi connectivity index (χ1v) is 6.52. The fourth-order valence-electron chi connectivity index (χ4n) is 1.75. The highest BCUT2D eigenvalue weighted by Crippen LogP contribution is 2.18. The van der Waals surface area contributed by atoms with E-state index in [4.69, 9.17) is 0 Å². The number of hydrogen-bond acceptors (Lipinski definition) is 3. The van der Waals surface area contributed by atoms with Gasteiger partial charge in [0.05, 0.1) is 5.69 Å². The van der Waals surface area contributed by atoms with Crippen LogP contribution < -0.4 is 5.32 Å². The fourth-order valence-corrected chi connectivity index (χ4v) is 2.60. The molecule has 0 atom stereocenters. The normalized spacial score (nSPS) is 10.8. The van der Waals surface area contributed by atoms with Gasteiger partial charge in [0.2, 0.25) is 0 Å². The molecule has 1 N–H and O–H groups in total. The van der Waals surface area contributed by atoms with Crippen LogP contribution >= 0.6 is 11.3 Å². The van der Waals surface area contributed by atoms with Crippen LogP contribution in [0, 0.1) is 12.7 Å². The average molecular weight is 275 g/mol. The number of anilines is 1. The van der Waals surface area contributed by atoms with Crippen molar-refractivity contribution in [2.24, 2.45) is 0 Å². The Morgan fingerprint density at radius 2 is 2.21 bits per heavy atom. The number of carbonyl (C=O) groups excluding carboxylic acids is 1. The zero-order valence-electron chi connectivity index (χ0n) is 10.1. The van der Waals surface area contributed by atoms with Crippen LogP contribution in [0.15, 0.2) is 35.8 Å². The lowest BCUT2D eigenvalue weighted by Crippen LogP contribution is -2.13. The quantitative estimate of drug-likeness (QED) is 0.781. The number of benzene rings is 1. The number of halogens is 1. The van der Waals surface area contributed by atoms with Gasteiger partial charge in [-0.1, -0.05) is 12.1 Å². The highest BCUT2D eigenvalue weighted by molar-refractivity contribution is 7.15. The first-order chi connectivity index (χ1) is 9.15. The molecule has 0 spiro atoms. The van der Waals surface area contributed by atoms with E-state index in [0.29, 0.717) is 0 Å². The smallest absolute Gasteiger partial charge is 0.275 e. The van der Waals surface area contributed by atoms with E-state index in [1.54, 1.807) is 18.3 Å². The lowest BCUT2D eigenvalue weighted by molar-refractivity contribution is 0.102. The first-order valence-electron chi connectivity index (χ1n) is 5.64. The lowest BCUT2D eigenvalue weighted by Gasteiger charge is -2.03. The van der Waals surface area contributed by atoms with Gasteiger partial charge in [-0.3, -0.25) is 9.20 Å². The lowest BCUT2D eigenvalue weighted by atomic mass is 10.3. The Bertz CT molecular complexity index is 762. The van der Waals surface area contributed by atoms with E-state index in [9.17, 15) is 9.18 Å². The molecular weight excluding hydrogens is 265 g/mol. The number of amides is 1. The molecule has 0 saturated carbocycles. The summed E-state index contributed by atoms with van der Waals surface area (Å²) in [5, 5.41) is 4.47. The Morgan fingerprint density at radius 3 is 2.95 bits per heavy atom. The number of rotatable bonds is 2. The van der Waals surface area contributed by atoms with Gasteiger partial charge in [0.25, 0.3) is 5.91 Å². The molecule has 2 aromatic heterocycles. The van der Waals surface area contributed by atoms with Gasteiger partial charge in [-0.25, -0.2) is 9.37 Å². The summed E-state index contributed by atoms with van der Waals surface area (Å²) >= 11 is 1.46. The van der Waals surface area contributed by atoms with Crippen LogP contribution in [0.1, 0.15) is 16.2 Å². The van der Waals surface area contributed by atoms with E-state index in [1.165, 1.54) is 23.5 Å². The second-order valence-corrected chi connectivity index (χ2v) is 4.93. The van der Waals surface area contributed by atoms with E-state index in [0.717, 1.165) is 10.7 Å². The van der Waals surface area contributed by atoms with Crippen molar-refractivity contribution in [3.05, 3.63) is 53.0 Å². The molecule has 0 aliphatic heterocycles. The van der Waals surface area contributed by atoms with Crippen LogP contribution in [0.25, 0.3) is 4.96 Å². The number of aromatic nitrogens is 2. The molecule has 96 valence electrons. The van der Waals surface area contributed by atoms with Crippen LogP contribution in [0.4, 0.5) is 10.1 Å². The topological polar surface area (TPSA) is 46.4 Å². The van der Waals surface area contributed by atoms with Crippen molar-refractivity contribution in [2.75, 3.05) is 5.32 Å². The summed E-state index contributed by atoms with van der Waals surface area (Å²) in [6, 6.07) is 6.04. The van der Waals surface area contributed by atoms with Crippen LogP contribution in [-0.2, 0) is 0 Å². The van der Waals surface area contributed by atoms with Crippen molar-refractivity contribution in [1.82, 2.24) is 9.38 Å². The molecule has 0 aliphatic carbocycles. The van der Waals surface area contributed by atoms with E-state index in [2.05, 4.69) is 10.3 Å². The summed E-state index contributed by atoms with van der Waals surface area (Å²) in [6.45, 7) is 1.93. The highest BCUT2D eigenvalue weighted by atomic mass is 32.1. The third kappa shape index (κ3) is 2.10. The molecule has 0 aliphatic rings. The molecule has 6 heteroatoms. The number of carbonyl (C=O) groups is 1. The molecule has 2 heterocycles. The molecule has 0 radical (unpaired) electrons. The van der Waals surface area contributed by atoms with E-state index in [1.807, 2.05) is 16.7 Å². The largest absolute Gasteiger partial charge is 0.318 e. The maximum Gasteiger partial charge on any atom is 0.275 e. The van der Waals surface area contributed by atoms with Gasteiger partial charge >= 0.3 is 0 Å². The summed E-state index contributed by atoms with van der Waals surface area (Å²) in [6.07, 6.45) is 1.65. The predicted molar refractivity (Wildman–Crippen MR) is 72.2 cm³/mol. The van der Waals surface area contributed by atoms with Crippen molar-refractivity contribution in [3.8, 4) is 0 Å². The zero-order chi connectivity index (χ0) is 13.4. The van der Waals surface area contributed by atoms with Crippen molar-refractivity contribution < 1.29 is 9.18 Å². The van der Waals surface area contributed by atoms with Crippen LogP contribution in [0.2, 0.25) is 0 Å². The molecule has 0 bridgehead atoms. The average Bonchev–Trinajstić information content (AvgIpc) is 2.95. The maximum atomic E-state index is 13.4. The molecule has 0 saturated heterocycles. The maximum absolute atomic E-state index is 13.4. The third-order valence-corrected chi connectivity index (χ3v) is 3.70. The third-order valence-electron chi connectivity index (χ3n) is 2.74. The second-order valence-electron chi connectivity index (χ2n) is 4.09. The van der Waals surface area contributed by atoms with E-state index >= 15 is 0 Å². The first kappa shape index (κ1) is 11.9. The van der Waals surface area contributed by atoms with Crippen molar-refractivity contribution >= 4 is 27.9 Å². The van der Waals surface area contributed by atoms with Crippen LogP contribution in [-0.4, -0.2) is 15.3 Å². The van der Waals surface area contributed by atoms with Crippen molar-refractivity contribution in [2.45, 2.75) is 6.92 Å². The predicted octanol–water partition coefficient (Wildman–Crippen LogP) is 3.10. The minimum absolute atomic E-state index is 0.153. The minimum atomic E-state index is -0.465. The number of nitrogens with zero attached hydrogens (tertiary/aromatic N) is 2. The number of aryl methyl sites for hydroxylation is 1. The molecule has 3 rings (SSSR count). The van der Waals surface area contributed by atoms with Crippen LogP contribution in [0.5, 0.6) is 0 Å². The molecular formula is C13H10FN3OS. The standard InChI is InChI=1S/C13H10FN3OS/c1-8-7-19-13-16-11(6-17(8)13)12(18)15-10-5-3-2-4-9(10)14/h2-7H,1H3,(H,15,18). The molecule has 0 unspecified atom stereocenters. The Labute approximate surface area is 112 Å². The van der Waals surface area contributed by atoms with Gasteiger partial charge in [0.1, 0.15) is 11.5 Å². The number of nitrogens with one attached hydrogen (secondary N) is 1. The monoisotopic (exact) mass is 275 g/mol. The van der Waals surface area contributed by atoms with Gasteiger partial charge in [0.15, 0.2) is 4.96 Å². The molecule has 0 fully saturated rings. The Hall–Kier alpha value is -2.21. The number of thiazole rings is 1. The number of fused-ring (bicyclic) bond motifs is 1. The van der Waals surface area contributed by atoms with Gasteiger partial charge in [0, 0.05) is 17.3 Å². The molecule has 3 aromatic rings. The zero-order valence-corrected chi connectivity index (χ0v) is 10.9. The van der Waals surface area contributed by atoms with Crippen LogP contribution in [0.3, 0.4) is 0 Å². The molecule has 1 amide bonds. The fraction of sp³-hybridized carbons (Fsp3) is 0.0769. The Morgan fingerprint density at radius 1 is 1.42 bits per heavy atom. The molecule has 4 nitrogen and oxygen atoms in total. The Kier molecular flexibility index (Phi) is 2.79.